The molecule has 0 radical (unpaired) electrons. The zero-order chi connectivity index (χ0) is 19.9. The van der Waals surface area contributed by atoms with Gasteiger partial charge in [-0.15, -0.1) is 0 Å². The molecule has 1 saturated carbocycles. The molecule has 0 spiro atoms. The molecule has 2 aromatic carbocycles. The van der Waals surface area contributed by atoms with E-state index in [4.69, 9.17) is 9.15 Å². The first-order chi connectivity index (χ1) is 13.3. The molecule has 1 heterocycles. The molecule has 4 rings (SSSR count). The molecule has 146 valence electrons. The van der Waals surface area contributed by atoms with Crippen molar-refractivity contribution in [3.05, 3.63) is 65.2 Å². The summed E-state index contributed by atoms with van der Waals surface area (Å²) in [6.45, 7) is 1.75. The van der Waals surface area contributed by atoms with Crippen LogP contribution in [0.15, 0.2) is 46.9 Å². The topological polar surface area (TPSA) is 85.6 Å². The molecule has 8 heteroatoms. The Labute approximate surface area is 161 Å². The summed E-state index contributed by atoms with van der Waals surface area (Å²) in [6.07, 6.45) is 1.12. The van der Waals surface area contributed by atoms with E-state index >= 15 is 0 Å². The van der Waals surface area contributed by atoms with Crippen molar-refractivity contribution < 1.29 is 26.8 Å². The number of ether oxygens (including phenoxy) is 1. The summed E-state index contributed by atoms with van der Waals surface area (Å²) in [6, 6.07) is 11.0. The summed E-state index contributed by atoms with van der Waals surface area (Å²) in [5.74, 6) is -0.291. The van der Waals surface area contributed by atoms with Crippen molar-refractivity contribution in [2.24, 2.45) is 0 Å². The largest absolute Gasteiger partial charge is 0.489 e. The van der Waals surface area contributed by atoms with Crippen molar-refractivity contribution in [2.75, 3.05) is 0 Å². The number of hydrogen-bond acceptors (Lipinski definition) is 5. The highest BCUT2D eigenvalue weighted by molar-refractivity contribution is 7.91. The average Bonchev–Trinajstić information content (AvgIpc) is 3.43. The third-order valence-corrected chi connectivity index (χ3v) is 6.37. The lowest BCUT2D eigenvalue weighted by Crippen LogP contribution is -2.33. The van der Waals surface area contributed by atoms with Crippen molar-refractivity contribution in [1.29, 1.82) is 0 Å². The van der Waals surface area contributed by atoms with E-state index in [2.05, 4.69) is 4.72 Å². The standard InChI is InChI=1S/C20H18FNO5S/c1-12-19(20(23)22-28(24,25)16-6-7-16)17-10-15(5-8-18(17)27-12)26-11-13-3-2-4-14(21)9-13/h2-5,8-10,16H,6-7,11H2,1H3,(H,22,23). The third-order valence-electron chi connectivity index (χ3n) is 4.56. The van der Waals surface area contributed by atoms with Crippen LogP contribution in [-0.2, 0) is 16.6 Å². The van der Waals surface area contributed by atoms with Gasteiger partial charge in [0.1, 0.15) is 29.5 Å². The normalized spacial score (nSPS) is 14.2. The van der Waals surface area contributed by atoms with Gasteiger partial charge in [0.2, 0.25) is 10.0 Å². The summed E-state index contributed by atoms with van der Waals surface area (Å²) < 4.78 is 50.8. The number of hydrogen-bond donors (Lipinski definition) is 1. The SMILES string of the molecule is Cc1oc2ccc(OCc3cccc(F)c3)cc2c1C(=O)NS(=O)(=O)C1CC1. The molecule has 28 heavy (non-hydrogen) atoms. The van der Waals surface area contributed by atoms with Crippen LogP contribution in [-0.4, -0.2) is 19.6 Å². The third kappa shape index (κ3) is 3.73. The van der Waals surface area contributed by atoms with Crippen molar-refractivity contribution in [2.45, 2.75) is 31.6 Å². The number of rotatable bonds is 6. The van der Waals surface area contributed by atoms with Gasteiger partial charge < -0.3 is 9.15 Å². The Kier molecular flexibility index (Phi) is 4.58. The highest BCUT2D eigenvalue weighted by Crippen LogP contribution is 2.31. The van der Waals surface area contributed by atoms with Crippen LogP contribution >= 0.6 is 0 Å². The molecule has 1 amide bonds. The molecule has 0 aliphatic heterocycles. The first-order valence-corrected chi connectivity index (χ1v) is 10.3. The Morgan fingerprint density at radius 1 is 1.25 bits per heavy atom. The van der Waals surface area contributed by atoms with Gasteiger partial charge in [0, 0.05) is 5.39 Å². The minimum atomic E-state index is -3.67. The van der Waals surface area contributed by atoms with Crippen LogP contribution in [0, 0.1) is 12.7 Å². The summed E-state index contributed by atoms with van der Waals surface area (Å²) in [5, 5.41) is -0.0437. The van der Waals surface area contributed by atoms with Crippen molar-refractivity contribution >= 4 is 26.9 Å². The van der Waals surface area contributed by atoms with Gasteiger partial charge in [-0.1, -0.05) is 12.1 Å². The van der Waals surface area contributed by atoms with Crippen LogP contribution in [0.4, 0.5) is 4.39 Å². The molecule has 1 aliphatic rings. The Hall–Kier alpha value is -2.87. The van der Waals surface area contributed by atoms with Crippen LogP contribution < -0.4 is 9.46 Å². The molecule has 0 unspecified atom stereocenters. The number of halogens is 1. The summed E-state index contributed by atoms with van der Waals surface area (Å²) >= 11 is 0. The molecule has 1 aromatic heterocycles. The molecule has 1 aliphatic carbocycles. The highest BCUT2D eigenvalue weighted by Gasteiger charge is 2.37. The Bertz CT molecular complexity index is 1160. The Morgan fingerprint density at radius 3 is 2.75 bits per heavy atom. The predicted octanol–water partition coefficient (Wildman–Crippen LogP) is 3.68. The molecule has 1 N–H and O–H groups in total. The second-order valence-electron chi connectivity index (χ2n) is 6.79. The maximum Gasteiger partial charge on any atom is 0.268 e. The first-order valence-electron chi connectivity index (χ1n) is 8.80. The Balaban J connectivity index is 1.59. The lowest BCUT2D eigenvalue weighted by atomic mass is 10.1. The van der Waals surface area contributed by atoms with E-state index in [1.807, 2.05) is 0 Å². The van der Waals surface area contributed by atoms with Crippen molar-refractivity contribution in [3.8, 4) is 5.75 Å². The summed E-state index contributed by atoms with van der Waals surface area (Å²) in [4.78, 5) is 12.6. The number of furan rings is 1. The maximum atomic E-state index is 13.3. The number of fused-ring (bicyclic) bond motifs is 1. The van der Waals surface area contributed by atoms with E-state index in [9.17, 15) is 17.6 Å². The minimum Gasteiger partial charge on any atom is -0.489 e. The van der Waals surface area contributed by atoms with Gasteiger partial charge >= 0.3 is 0 Å². The second kappa shape index (κ2) is 6.94. The fourth-order valence-electron chi connectivity index (χ4n) is 3.01. The molecule has 0 saturated heterocycles. The van der Waals surface area contributed by atoms with E-state index in [1.165, 1.54) is 12.1 Å². The quantitative estimate of drug-likeness (QED) is 0.679. The van der Waals surface area contributed by atoms with E-state index in [0.717, 1.165) is 0 Å². The lowest BCUT2D eigenvalue weighted by molar-refractivity contribution is 0.0981. The lowest BCUT2D eigenvalue weighted by Gasteiger charge is -2.07. The number of carbonyl (C=O) groups is 1. The van der Waals surface area contributed by atoms with Crippen LogP contribution in [0.2, 0.25) is 0 Å². The smallest absolute Gasteiger partial charge is 0.268 e. The van der Waals surface area contributed by atoms with Gasteiger partial charge in [-0.25, -0.2) is 17.5 Å². The molecule has 0 bridgehead atoms. The summed E-state index contributed by atoms with van der Waals surface area (Å²) in [7, 11) is -3.67. The zero-order valence-electron chi connectivity index (χ0n) is 15.1. The van der Waals surface area contributed by atoms with E-state index in [1.54, 1.807) is 37.3 Å². The van der Waals surface area contributed by atoms with Crippen LogP contribution in [0.1, 0.15) is 34.5 Å². The van der Waals surface area contributed by atoms with Gasteiger partial charge in [0.15, 0.2) is 0 Å². The fraction of sp³-hybridized carbons (Fsp3) is 0.250. The van der Waals surface area contributed by atoms with Gasteiger partial charge in [-0.2, -0.15) is 0 Å². The fourth-order valence-corrected chi connectivity index (χ4v) is 4.29. The van der Waals surface area contributed by atoms with E-state index < -0.39 is 21.2 Å². The van der Waals surface area contributed by atoms with Crippen LogP contribution in [0.3, 0.4) is 0 Å². The number of amides is 1. The number of carbonyl (C=O) groups excluding carboxylic acids is 1. The Morgan fingerprint density at radius 2 is 2.04 bits per heavy atom. The molecule has 3 aromatic rings. The molecule has 6 nitrogen and oxygen atoms in total. The zero-order valence-corrected chi connectivity index (χ0v) is 15.9. The summed E-state index contributed by atoms with van der Waals surface area (Å²) in [5.41, 5.74) is 1.27. The first kappa shape index (κ1) is 18.5. The molecule has 1 fully saturated rings. The second-order valence-corrected chi connectivity index (χ2v) is 8.75. The van der Waals surface area contributed by atoms with Gasteiger partial charge in [-0.3, -0.25) is 4.79 Å². The highest BCUT2D eigenvalue weighted by atomic mass is 32.2. The van der Waals surface area contributed by atoms with E-state index in [0.29, 0.717) is 40.9 Å². The number of nitrogens with one attached hydrogen (secondary N) is 1. The van der Waals surface area contributed by atoms with E-state index in [-0.39, 0.29) is 18.0 Å². The molecule has 0 atom stereocenters. The van der Waals surface area contributed by atoms with Gasteiger partial charge in [0.25, 0.3) is 5.91 Å². The van der Waals surface area contributed by atoms with Gasteiger partial charge in [0.05, 0.1) is 10.8 Å². The number of aryl methyl sites for hydroxylation is 1. The van der Waals surface area contributed by atoms with Crippen LogP contribution in [0.5, 0.6) is 5.75 Å². The predicted molar refractivity (Wildman–Crippen MR) is 101 cm³/mol. The molecular weight excluding hydrogens is 385 g/mol. The molecular formula is C20H18FNO5S. The monoisotopic (exact) mass is 403 g/mol. The van der Waals surface area contributed by atoms with Crippen molar-refractivity contribution in [1.82, 2.24) is 4.72 Å². The van der Waals surface area contributed by atoms with Crippen molar-refractivity contribution in [3.63, 3.8) is 0 Å². The maximum absolute atomic E-state index is 13.3. The number of sulfonamides is 1. The van der Waals surface area contributed by atoms with Crippen LogP contribution in [0.25, 0.3) is 11.0 Å². The average molecular weight is 403 g/mol. The number of benzene rings is 2. The minimum absolute atomic E-state index is 0.150. The van der Waals surface area contributed by atoms with Gasteiger partial charge in [-0.05, 0) is 55.7 Å².